The SMILES string of the molecule is CCN1c2nc(Oc3cccc(OC(F)(F)F)c3)n(Cc3ccc(Cl)cn3)c2C(=O)N(CCCO)C1O. The molecule has 1 unspecified atom stereocenters. The summed E-state index contributed by atoms with van der Waals surface area (Å²) in [5.41, 5.74) is 0.576. The Kier molecular flexibility index (Phi) is 7.76. The molecule has 1 aliphatic rings. The summed E-state index contributed by atoms with van der Waals surface area (Å²) < 4.78 is 49.3. The number of hydrogen-bond donors (Lipinski definition) is 2. The third-order valence-electron chi connectivity index (χ3n) is 5.46. The number of carbonyl (C=O) groups excluding carboxylic acids is 1. The lowest BCUT2D eigenvalue weighted by molar-refractivity contribution is -0.274. The maximum Gasteiger partial charge on any atom is 0.573 e. The Labute approximate surface area is 214 Å². The zero-order valence-electron chi connectivity index (χ0n) is 19.5. The van der Waals surface area contributed by atoms with Crippen molar-refractivity contribution < 1.29 is 37.7 Å². The number of benzene rings is 1. The van der Waals surface area contributed by atoms with Crippen LogP contribution in [-0.4, -0.2) is 68.0 Å². The molecule has 1 amide bonds. The smallest absolute Gasteiger partial charge is 0.425 e. The van der Waals surface area contributed by atoms with Gasteiger partial charge < -0.3 is 24.6 Å². The molecule has 0 bridgehead atoms. The molecule has 1 aliphatic heterocycles. The van der Waals surface area contributed by atoms with Crippen LogP contribution < -0.4 is 14.4 Å². The molecule has 2 aromatic heterocycles. The van der Waals surface area contributed by atoms with Crippen LogP contribution in [0.25, 0.3) is 0 Å². The van der Waals surface area contributed by atoms with Crippen LogP contribution in [0.15, 0.2) is 42.6 Å². The first-order valence-electron chi connectivity index (χ1n) is 11.2. The van der Waals surface area contributed by atoms with E-state index in [0.29, 0.717) is 10.7 Å². The number of aliphatic hydroxyl groups is 2. The molecule has 0 aliphatic carbocycles. The van der Waals surface area contributed by atoms with Gasteiger partial charge in [-0.15, -0.1) is 13.2 Å². The van der Waals surface area contributed by atoms with Crippen LogP contribution in [0, 0.1) is 0 Å². The third-order valence-corrected chi connectivity index (χ3v) is 5.69. The first-order valence-corrected chi connectivity index (χ1v) is 11.6. The van der Waals surface area contributed by atoms with Crippen LogP contribution in [0.5, 0.6) is 17.5 Å². The first kappa shape index (κ1) is 26.5. The fraction of sp³-hybridized carbons (Fsp3) is 0.348. The maximum atomic E-state index is 13.5. The van der Waals surface area contributed by atoms with Crippen molar-refractivity contribution >= 4 is 23.3 Å². The van der Waals surface area contributed by atoms with E-state index < -0.39 is 24.4 Å². The summed E-state index contributed by atoms with van der Waals surface area (Å²) in [6.45, 7) is 1.91. The van der Waals surface area contributed by atoms with Gasteiger partial charge in [0, 0.05) is 32.0 Å². The number of rotatable bonds is 9. The molecule has 0 spiro atoms. The van der Waals surface area contributed by atoms with Gasteiger partial charge in [-0.05, 0) is 37.6 Å². The largest absolute Gasteiger partial charge is 0.573 e. The van der Waals surface area contributed by atoms with Crippen molar-refractivity contribution in [3.05, 3.63) is 59.0 Å². The predicted octanol–water partition coefficient (Wildman–Crippen LogP) is 3.61. The fourth-order valence-corrected chi connectivity index (χ4v) is 3.96. The molecule has 3 aromatic rings. The molecule has 2 N–H and O–H groups in total. The molecule has 1 atom stereocenters. The highest BCUT2D eigenvalue weighted by Gasteiger charge is 2.41. The first-order chi connectivity index (χ1) is 17.6. The Balaban J connectivity index is 1.79. The molecule has 0 saturated carbocycles. The highest BCUT2D eigenvalue weighted by molar-refractivity contribution is 6.30. The van der Waals surface area contributed by atoms with Crippen LogP contribution in [0.3, 0.4) is 0 Å². The maximum absolute atomic E-state index is 13.5. The summed E-state index contributed by atoms with van der Waals surface area (Å²) in [4.78, 5) is 24.8. The van der Waals surface area contributed by atoms with Crippen LogP contribution in [-0.2, 0) is 6.54 Å². The van der Waals surface area contributed by atoms with Gasteiger partial charge >= 0.3 is 12.4 Å². The zero-order valence-corrected chi connectivity index (χ0v) is 20.3. The number of halogens is 4. The molecule has 10 nitrogen and oxygen atoms in total. The third kappa shape index (κ3) is 5.89. The van der Waals surface area contributed by atoms with Crippen molar-refractivity contribution in [1.29, 1.82) is 0 Å². The van der Waals surface area contributed by atoms with Gasteiger partial charge in [0.2, 0.25) is 6.35 Å². The van der Waals surface area contributed by atoms with Crippen molar-refractivity contribution in [3.8, 4) is 17.5 Å². The highest BCUT2D eigenvalue weighted by Crippen LogP contribution is 2.36. The number of aromatic nitrogens is 3. The fourth-order valence-electron chi connectivity index (χ4n) is 3.85. The van der Waals surface area contributed by atoms with Gasteiger partial charge in [0.25, 0.3) is 5.91 Å². The Bertz CT molecular complexity index is 1250. The van der Waals surface area contributed by atoms with Crippen molar-refractivity contribution in [2.45, 2.75) is 32.6 Å². The van der Waals surface area contributed by atoms with E-state index in [0.717, 1.165) is 12.1 Å². The predicted molar refractivity (Wildman–Crippen MR) is 126 cm³/mol. The van der Waals surface area contributed by atoms with Gasteiger partial charge in [0.05, 0.1) is 17.3 Å². The molecular formula is C23H23ClF3N5O5. The minimum Gasteiger partial charge on any atom is -0.425 e. The lowest BCUT2D eigenvalue weighted by atomic mass is 10.2. The molecule has 0 fully saturated rings. The number of aliphatic hydroxyl groups excluding tert-OH is 2. The number of amides is 1. The molecule has 0 saturated heterocycles. The van der Waals surface area contributed by atoms with Crippen molar-refractivity contribution in [2.24, 2.45) is 0 Å². The van der Waals surface area contributed by atoms with E-state index in [9.17, 15) is 28.2 Å². The molecular weight excluding hydrogens is 519 g/mol. The zero-order chi connectivity index (χ0) is 26.7. The number of imidazole rings is 1. The van der Waals surface area contributed by atoms with Crippen molar-refractivity contribution in [2.75, 3.05) is 24.6 Å². The number of ether oxygens (including phenoxy) is 2. The highest BCUT2D eigenvalue weighted by atomic mass is 35.5. The second-order valence-electron chi connectivity index (χ2n) is 7.95. The van der Waals surface area contributed by atoms with Crippen LogP contribution in [0.1, 0.15) is 29.5 Å². The quantitative estimate of drug-likeness (QED) is 0.422. The van der Waals surface area contributed by atoms with Gasteiger partial charge in [0.1, 0.15) is 11.5 Å². The Hall–Kier alpha value is -3.55. The van der Waals surface area contributed by atoms with E-state index in [1.54, 1.807) is 19.1 Å². The van der Waals surface area contributed by atoms with Crippen LogP contribution >= 0.6 is 11.6 Å². The number of carbonyl (C=O) groups is 1. The summed E-state index contributed by atoms with van der Waals surface area (Å²) in [6, 6.07) is 8.01. The van der Waals surface area contributed by atoms with E-state index in [4.69, 9.17) is 16.3 Å². The monoisotopic (exact) mass is 541 g/mol. The van der Waals surface area contributed by atoms with Gasteiger partial charge in [-0.1, -0.05) is 17.7 Å². The number of nitrogens with zero attached hydrogens (tertiary/aromatic N) is 5. The van der Waals surface area contributed by atoms with Gasteiger partial charge in [-0.3, -0.25) is 19.2 Å². The van der Waals surface area contributed by atoms with Gasteiger partial charge in [-0.25, -0.2) is 0 Å². The van der Waals surface area contributed by atoms with Gasteiger partial charge in [-0.2, -0.15) is 4.98 Å². The van der Waals surface area contributed by atoms with Gasteiger partial charge in [0.15, 0.2) is 11.5 Å². The molecule has 198 valence electrons. The minimum atomic E-state index is -4.89. The van der Waals surface area contributed by atoms with Crippen LogP contribution in [0.4, 0.5) is 19.0 Å². The van der Waals surface area contributed by atoms with Crippen LogP contribution in [0.2, 0.25) is 5.02 Å². The Morgan fingerprint density at radius 3 is 2.57 bits per heavy atom. The molecule has 1 aromatic carbocycles. The average molecular weight is 542 g/mol. The van der Waals surface area contributed by atoms with E-state index in [1.165, 1.54) is 32.7 Å². The second kappa shape index (κ2) is 10.8. The Morgan fingerprint density at radius 1 is 1.16 bits per heavy atom. The second-order valence-corrected chi connectivity index (χ2v) is 8.39. The molecule has 3 heterocycles. The average Bonchev–Trinajstić information content (AvgIpc) is 3.17. The van der Waals surface area contributed by atoms with E-state index in [1.807, 2.05) is 0 Å². The number of fused-ring (bicyclic) bond motifs is 1. The van der Waals surface area contributed by atoms with Crippen molar-refractivity contribution in [3.63, 3.8) is 0 Å². The van der Waals surface area contributed by atoms with E-state index in [2.05, 4.69) is 14.7 Å². The number of alkyl halides is 3. The lowest BCUT2D eigenvalue weighted by Crippen LogP contribution is -2.56. The molecule has 37 heavy (non-hydrogen) atoms. The number of anilines is 1. The summed E-state index contributed by atoms with van der Waals surface area (Å²) in [5, 5.41) is 20.5. The normalized spacial score (nSPS) is 15.6. The summed E-state index contributed by atoms with van der Waals surface area (Å²) in [7, 11) is 0. The summed E-state index contributed by atoms with van der Waals surface area (Å²) in [6.07, 6.45) is -4.57. The molecule has 4 rings (SSSR count). The number of pyridine rings is 1. The minimum absolute atomic E-state index is 0.000801. The summed E-state index contributed by atoms with van der Waals surface area (Å²) in [5.74, 6) is -0.954. The Morgan fingerprint density at radius 2 is 1.92 bits per heavy atom. The number of hydrogen-bond acceptors (Lipinski definition) is 8. The van der Waals surface area contributed by atoms with E-state index in [-0.39, 0.29) is 55.9 Å². The van der Waals surface area contributed by atoms with Crippen molar-refractivity contribution in [1.82, 2.24) is 19.4 Å². The lowest BCUT2D eigenvalue weighted by Gasteiger charge is -2.40. The molecule has 14 heteroatoms. The molecule has 0 radical (unpaired) electrons. The standard InChI is InChI=1S/C23H23ClF3N5O5/c1-2-30-19-18(20(34)31(22(30)35)9-4-10-33)32(13-15-8-7-14(24)12-28-15)21(29-19)36-16-5-3-6-17(11-16)37-23(25,26)27/h3,5-8,11-12,22,33,35H,2,4,9-10,13H2,1H3. The summed E-state index contributed by atoms with van der Waals surface area (Å²) >= 11 is 5.94. The topological polar surface area (TPSA) is 113 Å². The van der Waals surface area contributed by atoms with E-state index >= 15 is 0 Å².